The first-order valence-electron chi connectivity index (χ1n) is 13.8. The van der Waals surface area contributed by atoms with Crippen molar-refractivity contribution in [1.82, 2.24) is 4.90 Å². The Hall–Kier alpha value is -1.44. The van der Waals surface area contributed by atoms with Crippen LogP contribution in [0.2, 0.25) is 0 Å². The fourth-order valence-corrected chi connectivity index (χ4v) is 7.04. The van der Waals surface area contributed by atoms with Gasteiger partial charge >= 0.3 is 7.12 Å². The fourth-order valence-electron chi connectivity index (χ4n) is 7.04. The molecule has 0 atom stereocenters. The minimum Gasteiger partial charge on any atom is -0.399 e. The van der Waals surface area contributed by atoms with Crippen molar-refractivity contribution < 1.29 is 18.5 Å². The van der Waals surface area contributed by atoms with Gasteiger partial charge in [0.25, 0.3) is 0 Å². The van der Waals surface area contributed by atoms with Crippen molar-refractivity contribution in [3.05, 3.63) is 23.8 Å². The van der Waals surface area contributed by atoms with Crippen molar-refractivity contribution in [2.75, 3.05) is 18.0 Å². The molecule has 1 spiro atoms. The highest BCUT2D eigenvalue weighted by Crippen LogP contribution is 2.52. The second-order valence-electron chi connectivity index (χ2n) is 12.7. The predicted molar refractivity (Wildman–Crippen MR) is 137 cm³/mol. The van der Waals surface area contributed by atoms with Crippen molar-refractivity contribution in [2.45, 2.75) is 120 Å². The molecular weight excluding hydrogens is 442 g/mol. The molecule has 3 heterocycles. The summed E-state index contributed by atoms with van der Waals surface area (Å²) in [5.41, 5.74) is 2.13. The summed E-state index contributed by atoms with van der Waals surface area (Å²) in [5.74, 6) is 0.309. The fraction of sp³-hybridized carbons (Fsp3) is 0.750. The molecule has 3 aliphatic heterocycles. The van der Waals surface area contributed by atoms with Crippen molar-refractivity contribution in [2.24, 2.45) is 0 Å². The molecule has 5 nitrogen and oxygen atoms in total. The van der Waals surface area contributed by atoms with Gasteiger partial charge in [-0.05, 0) is 83.3 Å². The van der Waals surface area contributed by atoms with Crippen LogP contribution < -0.4 is 10.4 Å². The monoisotopic (exact) mass is 482 g/mol. The molecule has 2 aliphatic carbocycles. The van der Waals surface area contributed by atoms with E-state index in [1.165, 1.54) is 12.0 Å². The zero-order valence-corrected chi connectivity index (χ0v) is 21.8. The van der Waals surface area contributed by atoms with E-state index >= 15 is 0 Å². The smallest absolute Gasteiger partial charge is 0.399 e. The Balaban J connectivity index is 1.29. The summed E-state index contributed by atoms with van der Waals surface area (Å²) in [7, 11) is -0.429. The Morgan fingerprint density at radius 3 is 2.20 bits per heavy atom. The number of alkyl halides is 1. The molecule has 2 saturated carbocycles. The molecule has 5 aliphatic rings. The highest BCUT2D eigenvalue weighted by Gasteiger charge is 2.56. The largest absolute Gasteiger partial charge is 0.494 e. The van der Waals surface area contributed by atoms with Gasteiger partial charge < -0.3 is 19.1 Å². The minimum absolute atomic E-state index is 0.226. The molecule has 0 aromatic heterocycles. The number of carbonyl (C=O) groups is 1. The lowest BCUT2D eigenvalue weighted by molar-refractivity contribution is -0.125. The van der Waals surface area contributed by atoms with Gasteiger partial charge in [-0.2, -0.15) is 0 Å². The van der Waals surface area contributed by atoms with Gasteiger partial charge in [0.15, 0.2) is 0 Å². The number of hydrogen-bond acceptors (Lipinski definition) is 4. The highest BCUT2D eigenvalue weighted by atomic mass is 19.1. The average Bonchev–Trinajstić information content (AvgIpc) is 3.15. The summed E-state index contributed by atoms with van der Waals surface area (Å²) in [6.07, 6.45) is 7.96. The van der Waals surface area contributed by atoms with E-state index in [0.29, 0.717) is 24.8 Å². The van der Waals surface area contributed by atoms with E-state index in [4.69, 9.17) is 9.31 Å². The predicted octanol–water partition coefficient (Wildman–Crippen LogP) is 4.50. The van der Waals surface area contributed by atoms with Crippen LogP contribution in [0, 0.1) is 0 Å². The van der Waals surface area contributed by atoms with Gasteiger partial charge in [-0.3, -0.25) is 4.79 Å². The van der Waals surface area contributed by atoms with Crippen LogP contribution in [0.1, 0.15) is 91.0 Å². The molecule has 1 amide bonds. The van der Waals surface area contributed by atoms with Gasteiger partial charge in [0.05, 0.1) is 16.6 Å². The summed E-state index contributed by atoms with van der Waals surface area (Å²) in [4.78, 5) is 18.7. The Morgan fingerprint density at radius 1 is 0.943 bits per heavy atom. The molecule has 35 heavy (non-hydrogen) atoms. The lowest BCUT2D eigenvalue weighted by atomic mass is 9.69. The number of nitrogens with zero attached hydrogens (tertiary/aromatic N) is 2. The van der Waals surface area contributed by atoms with E-state index in [1.807, 2.05) is 0 Å². The third-order valence-electron chi connectivity index (χ3n) is 10.1. The van der Waals surface area contributed by atoms with Crippen LogP contribution in [0.15, 0.2) is 18.2 Å². The molecule has 2 saturated heterocycles. The Labute approximate surface area is 209 Å². The number of hydrogen-bond donors (Lipinski definition) is 0. The van der Waals surface area contributed by atoms with Crippen molar-refractivity contribution in [1.29, 1.82) is 0 Å². The number of fused-ring (bicyclic) bond motifs is 2. The van der Waals surface area contributed by atoms with Crippen molar-refractivity contribution >= 4 is 24.2 Å². The first-order valence-corrected chi connectivity index (χ1v) is 13.8. The van der Waals surface area contributed by atoms with Crippen LogP contribution in [0.3, 0.4) is 0 Å². The Bertz CT molecular complexity index is 978. The van der Waals surface area contributed by atoms with Crippen LogP contribution in [0.4, 0.5) is 10.1 Å². The van der Waals surface area contributed by atoms with Gasteiger partial charge in [0.1, 0.15) is 6.17 Å². The second kappa shape index (κ2) is 8.29. The summed E-state index contributed by atoms with van der Waals surface area (Å²) in [6, 6.07) is 7.20. The number of piperidine rings is 1. The molecule has 0 bridgehead atoms. The molecular formula is C28H40BFN2O3. The van der Waals surface area contributed by atoms with E-state index in [1.54, 1.807) is 0 Å². The van der Waals surface area contributed by atoms with Crippen LogP contribution >= 0.6 is 0 Å². The first-order chi connectivity index (χ1) is 16.6. The van der Waals surface area contributed by atoms with E-state index in [2.05, 4.69) is 55.7 Å². The molecule has 0 unspecified atom stereocenters. The van der Waals surface area contributed by atoms with Gasteiger partial charge in [0, 0.05) is 30.9 Å². The molecule has 4 fully saturated rings. The number of rotatable bonds is 3. The topological polar surface area (TPSA) is 42.0 Å². The Morgan fingerprint density at radius 2 is 1.57 bits per heavy atom. The maximum Gasteiger partial charge on any atom is 0.494 e. The number of halogens is 1. The van der Waals surface area contributed by atoms with Crippen LogP contribution in [0.5, 0.6) is 0 Å². The molecule has 0 radical (unpaired) electrons. The van der Waals surface area contributed by atoms with Gasteiger partial charge in [0.2, 0.25) is 5.91 Å². The third kappa shape index (κ3) is 3.71. The van der Waals surface area contributed by atoms with E-state index < -0.39 is 24.5 Å². The number of amides is 1. The molecule has 7 heteroatoms. The molecule has 190 valence electrons. The number of anilines is 1. The molecule has 1 aromatic carbocycles. The maximum absolute atomic E-state index is 14.1. The van der Waals surface area contributed by atoms with E-state index in [0.717, 1.165) is 62.8 Å². The standard InChI is InChI=1S/C28H40BFN2O3/c1-26(2)27(3,4)35-29(34-26)19-8-9-23-24(16-19)32(25(33)28(23)12-6-5-7-13-28)22-17-21(18-22)31-14-10-20(30)11-15-31/h8-9,16,20-22H,5-7,10-15,17-18H2,1-4H3. The average molecular weight is 482 g/mol. The molecule has 6 rings (SSSR count). The quantitative estimate of drug-likeness (QED) is 0.596. The van der Waals surface area contributed by atoms with Gasteiger partial charge in [-0.15, -0.1) is 0 Å². The van der Waals surface area contributed by atoms with Crippen LogP contribution in [0.25, 0.3) is 0 Å². The van der Waals surface area contributed by atoms with Crippen LogP contribution in [-0.2, 0) is 19.5 Å². The SMILES string of the molecule is CC1(C)OB(c2ccc3c(c2)N(C2CC(N4CCC(F)CC4)C2)C(=O)C32CCCCC2)OC1(C)C. The highest BCUT2D eigenvalue weighted by molar-refractivity contribution is 6.62. The van der Waals surface area contributed by atoms with Crippen LogP contribution in [-0.4, -0.2) is 60.5 Å². The van der Waals surface area contributed by atoms with Gasteiger partial charge in [-0.25, -0.2) is 4.39 Å². The first kappa shape index (κ1) is 23.9. The summed E-state index contributed by atoms with van der Waals surface area (Å²) >= 11 is 0. The zero-order chi connectivity index (χ0) is 24.6. The summed E-state index contributed by atoms with van der Waals surface area (Å²) in [5, 5.41) is 0. The van der Waals surface area contributed by atoms with E-state index in [-0.39, 0.29) is 11.5 Å². The third-order valence-corrected chi connectivity index (χ3v) is 10.1. The lowest BCUT2D eigenvalue weighted by Crippen LogP contribution is -2.58. The van der Waals surface area contributed by atoms with Gasteiger partial charge in [-0.1, -0.05) is 31.4 Å². The molecule has 0 N–H and O–H groups in total. The normalized spacial score (nSPS) is 32.2. The second-order valence-corrected chi connectivity index (χ2v) is 12.7. The zero-order valence-electron chi connectivity index (χ0n) is 21.8. The maximum atomic E-state index is 14.1. The molecule has 1 aromatic rings. The van der Waals surface area contributed by atoms with Crippen molar-refractivity contribution in [3.63, 3.8) is 0 Å². The number of carbonyl (C=O) groups excluding carboxylic acids is 1. The Kier molecular flexibility index (Phi) is 5.67. The van der Waals surface area contributed by atoms with Crippen molar-refractivity contribution in [3.8, 4) is 0 Å². The summed E-state index contributed by atoms with van der Waals surface area (Å²) < 4.78 is 26.3. The summed E-state index contributed by atoms with van der Waals surface area (Å²) in [6.45, 7) is 10.00. The number of likely N-dealkylation sites (tertiary alicyclic amines) is 1. The van der Waals surface area contributed by atoms with E-state index in [9.17, 15) is 9.18 Å². The lowest BCUT2D eigenvalue weighted by Gasteiger charge is -2.48. The minimum atomic E-state index is -0.645. The number of benzene rings is 1.